The Morgan fingerprint density at radius 1 is 1.21 bits per heavy atom. The lowest BCUT2D eigenvalue weighted by Gasteiger charge is -2.19. The van der Waals surface area contributed by atoms with E-state index in [1.165, 1.54) is 11.8 Å². The van der Waals surface area contributed by atoms with Crippen molar-refractivity contribution in [3.8, 4) is 5.69 Å². The molecule has 0 radical (unpaired) electrons. The molecule has 1 atom stereocenters. The molecular weight excluding hydrogens is 348 g/mol. The maximum Gasteiger partial charge on any atom is 0.319 e. The molecule has 2 aliphatic rings. The molecule has 0 N–H and O–H groups in total. The van der Waals surface area contributed by atoms with Gasteiger partial charge in [0.05, 0.1) is 17.3 Å². The Hall–Kier alpha value is -1.73. The molecule has 2 aliphatic heterocycles. The summed E-state index contributed by atoms with van der Waals surface area (Å²) in [7, 11) is 0. The number of carbonyl (C=O) groups excluding carboxylic acids is 1. The van der Waals surface area contributed by atoms with Gasteiger partial charge in [0, 0.05) is 19.5 Å². The van der Waals surface area contributed by atoms with Crippen molar-refractivity contribution in [1.82, 2.24) is 14.8 Å². The number of hydrogen-bond acceptors (Lipinski definition) is 6. The van der Waals surface area contributed by atoms with E-state index in [1.54, 1.807) is 0 Å². The van der Waals surface area contributed by atoms with Crippen LogP contribution in [-0.4, -0.2) is 45.7 Å². The molecule has 0 saturated carbocycles. The zero-order valence-corrected chi connectivity index (χ0v) is 14.6. The number of nitrogens with zero attached hydrogens (tertiary/aromatic N) is 4. The summed E-state index contributed by atoms with van der Waals surface area (Å²) in [5.41, 5.74) is 0.833. The Morgan fingerprint density at radius 2 is 2.00 bits per heavy atom. The first-order chi connectivity index (χ1) is 11.7. The summed E-state index contributed by atoms with van der Waals surface area (Å²) in [5.74, 6) is 0.603. The fraction of sp³-hybridized carbons (Fsp3) is 0.438. The number of hydrogen-bond donors (Lipinski definition) is 0. The van der Waals surface area contributed by atoms with Crippen LogP contribution in [0.5, 0.6) is 0 Å². The normalized spacial score (nSPS) is 20.6. The number of halogens is 1. The van der Waals surface area contributed by atoms with Gasteiger partial charge in [-0.25, -0.2) is 0 Å². The van der Waals surface area contributed by atoms with Gasteiger partial charge in [-0.2, -0.15) is 0 Å². The van der Waals surface area contributed by atoms with Crippen LogP contribution in [0, 0.1) is 0 Å². The van der Waals surface area contributed by atoms with Crippen LogP contribution in [0.2, 0.25) is 5.02 Å². The second-order valence-corrected chi connectivity index (χ2v) is 7.40. The predicted molar refractivity (Wildman–Crippen MR) is 93.0 cm³/mol. The van der Waals surface area contributed by atoms with Gasteiger partial charge < -0.3 is 9.64 Å². The Labute approximate surface area is 149 Å². The zero-order chi connectivity index (χ0) is 16.5. The van der Waals surface area contributed by atoms with Gasteiger partial charge in [-0.3, -0.25) is 9.36 Å². The highest BCUT2D eigenvalue weighted by Crippen LogP contribution is 2.35. The van der Waals surface area contributed by atoms with E-state index in [9.17, 15) is 4.79 Å². The van der Waals surface area contributed by atoms with Crippen molar-refractivity contribution in [2.24, 2.45) is 0 Å². The molecule has 1 aromatic heterocycles. The smallest absolute Gasteiger partial charge is 0.319 e. The number of aromatic nitrogens is 3. The average molecular weight is 365 g/mol. The van der Waals surface area contributed by atoms with Gasteiger partial charge >= 0.3 is 5.97 Å². The number of cyclic esters (lactones) is 1. The Kier molecular flexibility index (Phi) is 4.37. The highest BCUT2D eigenvalue weighted by Gasteiger charge is 2.31. The van der Waals surface area contributed by atoms with Gasteiger partial charge in [0.1, 0.15) is 5.25 Å². The van der Waals surface area contributed by atoms with Gasteiger partial charge in [0.2, 0.25) is 5.95 Å². The van der Waals surface area contributed by atoms with Crippen molar-refractivity contribution in [3.05, 3.63) is 29.3 Å². The van der Waals surface area contributed by atoms with Crippen LogP contribution in [0.25, 0.3) is 5.69 Å². The third kappa shape index (κ3) is 2.86. The van der Waals surface area contributed by atoms with Crippen LogP contribution in [0.4, 0.5) is 5.95 Å². The summed E-state index contributed by atoms with van der Waals surface area (Å²) < 4.78 is 7.02. The van der Waals surface area contributed by atoms with Crippen molar-refractivity contribution in [1.29, 1.82) is 0 Å². The summed E-state index contributed by atoms with van der Waals surface area (Å²) in [6, 6.07) is 7.63. The molecule has 2 saturated heterocycles. The largest absolute Gasteiger partial charge is 0.465 e. The molecule has 0 aliphatic carbocycles. The number of thioether (sulfide) groups is 1. The third-order valence-corrected chi connectivity index (χ3v) is 5.74. The molecule has 0 unspecified atom stereocenters. The summed E-state index contributed by atoms with van der Waals surface area (Å²) >= 11 is 7.81. The second kappa shape index (κ2) is 6.64. The van der Waals surface area contributed by atoms with Gasteiger partial charge in [-0.1, -0.05) is 35.5 Å². The highest BCUT2D eigenvalue weighted by molar-refractivity contribution is 8.00. The van der Waals surface area contributed by atoms with E-state index in [0.29, 0.717) is 23.2 Å². The molecule has 4 rings (SSSR count). The summed E-state index contributed by atoms with van der Waals surface area (Å²) in [4.78, 5) is 14.0. The standard InChI is InChI=1S/C16H17ClN4O2S/c17-11-5-1-2-6-12(11)21-15(20-8-3-4-9-20)18-19-16(21)24-13-7-10-23-14(13)22/h1-2,5-6,13H,3-4,7-10H2/t13-/m0/s1. The quantitative estimate of drug-likeness (QED) is 0.777. The van der Waals surface area contributed by atoms with E-state index in [0.717, 1.165) is 37.6 Å². The highest BCUT2D eigenvalue weighted by atomic mass is 35.5. The molecule has 0 bridgehead atoms. The number of benzene rings is 1. The van der Waals surface area contributed by atoms with Crippen molar-refractivity contribution in [2.45, 2.75) is 29.7 Å². The third-order valence-electron chi connectivity index (χ3n) is 4.23. The molecule has 8 heteroatoms. The van der Waals surface area contributed by atoms with E-state index in [-0.39, 0.29) is 11.2 Å². The van der Waals surface area contributed by atoms with E-state index in [4.69, 9.17) is 16.3 Å². The van der Waals surface area contributed by atoms with Crippen molar-refractivity contribution in [3.63, 3.8) is 0 Å². The Morgan fingerprint density at radius 3 is 2.71 bits per heavy atom. The first kappa shape index (κ1) is 15.8. The van der Waals surface area contributed by atoms with Gasteiger partial charge in [-0.05, 0) is 25.0 Å². The minimum atomic E-state index is -0.234. The lowest BCUT2D eigenvalue weighted by molar-refractivity contribution is -0.137. The molecule has 6 nitrogen and oxygen atoms in total. The van der Waals surface area contributed by atoms with Crippen LogP contribution in [-0.2, 0) is 9.53 Å². The SMILES string of the molecule is O=C1OCC[C@@H]1Sc1nnc(N2CCCC2)n1-c1ccccc1Cl. The van der Waals surface area contributed by atoms with Gasteiger partial charge in [0.25, 0.3) is 0 Å². The molecule has 126 valence electrons. The van der Waals surface area contributed by atoms with Crippen LogP contribution in [0.1, 0.15) is 19.3 Å². The summed E-state index contributed by atoms with van der Waals surface area (Å²) in [6.07, 6.45) is 2.98. The monoisotopic (exact) mass is 364 g/mol. The zero-order valence-electron chi connectivity index (χ0n) is 13.0. The number of anilines is 1. The first-order valence-corrected chi connectivity index (χ1v) is 9.28. The Bertz CT molecular complexity index is 760. The minimum Gasteiger partial charge on any atom is -0.465 e. The predicted octanol–water partition coefficient (Wildman–Crippen LogP) is 2.93. The van der Waals surface area contributed by atoms with Crippen molar-refractivity contribution in [2.75, 3.05) is 24.6 Å². The van der Waals surface area contributed by atoms with E-state index in [1.807, 2.05) is 28.8 Å². The molecule has 0 amide bonds. The number of ether oxygens (including phenoxy) is 1. The first-order valence-electron chi connectivity index (χ1n) is 8.02. The van der Waals surface area contributed by atoms with Crippen molar-refractivity contribution < 1.29 is 9.53 Å². The Balaban J connectivity index is 1.76. The van der Waals surface area contributed by atoms with Crippen LogP contribution in [0.3, 0.4) is 0 Å². The molecule has 3 heterocycles. The van der Waals surface area contributed by atoms with E-state index in [2.05, 4.69) is 15.1 Å². The molecule has 2 aromatic rings. The lowest BCUT2D eigenvalue weighted by Crippen LogP contribution is -2.22. The van der Waals surface area contributed by atoms with Crippen LogP contribution >= 0.6 is 23.4 Å². The van der Waals surface area contributed by atoms with Gasteiger partial charge in [0.15, 0.2) is 5.16 Å². The minimum absolute atomic E-state index is 0.184. The molecule has 24 heavy (non-hydrogen) atoms. The van der Waals surface area contributed by atoms with Crippen LogP contribution < -0.4 is 4.90 Å². The van der Waals surface area contributed by atoms with Crippen LogP contribution in [0.15, 0.2) is 29.4 Å². The maximum atomic E-state index is 11.8. The van der Waals surface area contributed by atoms with E-state index >= 15 is 0 Å². The number of esters is 1. The fourth-order valence-electron chi connectivity index (χ4n) is 3.02. The fourth-order valence-corrected chi connectivity index (χ4v) is 4.24. The maximum absolute atomic E-state index is 11.8. The lowest BCUT2D eigenvalue weighted by atomic mass is 10.3. The molecule has 1 aromatic carbocycles. The number of carbonyl (C=O) groups is 1. The number of para-hydroxylation sites is 1. The molecular formula is C16H17ClN4O2S. The van der Waals surface area contributed by atoms with Crippen molar-refractivity contribution >= 4 is 35.3 Å². The number of rotatable bonds is 4. The van der Waals surface area contributed by atoms with E-state index < -0.39 is 0 Å². The topological polar surface area (TPSA) is 60.2 Å². The average Bonchev–Trinajstić information content (AvgIpc) is 3.30. The molecule has 0 spiro atoms. The summed E-state index contributed by atoms with van der Waals surface area (Å²) in [6.45, 7) is 2.38. The summed E-state index contributed by atoms with van der Waals surface area (Å²) in [5, 5.41) is 9.81. The van der Waals surface area contributed by atoms with Gasteiger partial charge in [-0.15, -0.1) is 10.2 Å². The second-order valence-electron chi connectivity index (χ2n) is 5.83. The molecule has 2 fully saturated rings.